The molecule has 2 unspecified atom stereocenters. The Morgan fingerprint density at radius 1 is 1.45 bits per heavy atom. The van der Waals surface area contributed by atoms with Gasteiger partial charge in [0.1, 0.15) is 5.78 Å². The Morgan fingerprint density at radius 3 is 2.09 bits per heavy atom. The number of ketones is 1. The van der Waals surface area contributed by atoms with Crippen molar-refractivity contribution >= 4 is 5.78 Å². The van der Waals surface area contributed by atoms with Crippen LogP contribution < -0.4 is 0 Å². The number of aliphatic hydroxyl groups excluding tert-OH is 1. The van der Waals surface area contributed by atoms with Crippen LogP contribution in [0.25, 0.3) is 0 Å². The molecule has 2 heteroatoms. The zero-order valence-corrected chi connectivity index (χ0v) is 7.63. The minimum Gasteiger partial charge on any atom is -0.396 e. The first-order chi connectivity index (χ1) is 5.25. The Hall–Kier alpha value is -0.370. The van der Waals surface area contributed by atoms with Gasteiger partial charge in [-0.15, -0.1) is 0 Å². The zero-order chi connectivity index (χ0) is 8.85. The predicted octanol–water partition coefficient (Wildman–Crippen LogP) is 1.62. The van der Waals surface area contributed by atoms with Gasteiger partial charge in [0.05, 0.1) is 0 Å². The molecule has 2 nitrogen and oxygen atoms in total. The summed E-state index contributed by atoms with van der Waals surface area (Å²) >= 11 is 0. The Balaban J connectivity index is 0.000000461. The fourth-order valence-electron chi connectivity index (χ4n) is 1.32. The van der Waals surface area contributed by atoms with Crippen molar-refractivity contribution in [2.45, 2.75) is 33.6 Å². The molecule has 0 aromatic rings. The van der Waals surface area contributed by atoms with Crippen molar-refractivity contribution in [2.24, 2.45) is 11.8 Å². The van der Waals surface area contributed by atoms with Crippen molar-refractivity contribution < 1.29 is 9.90 Å². The molecule has 66 valence electrons. The van der Waals surface area contributed by atoms with E-state index in [0.29, 0.717) is 0 Å². The SMILES string of the molecule is CC.CC(=O)C1CCC1CO. The lowest BCUT2D eigenvalue weighted by molar-refractivity contribution is -0.126. The molecule has 0 aromatic heterocycles. The van der Waals surface area contributed by atoms with Crippen LogP contribution in [0.1, 0.15) is 33.6 Å². The number of carbonyl (C=O) groups is 1. The van der Waals surface area contributed by atoms with Gasteiger partial charge in [0.2, 0.25) is 0 Å². The van der Waals surface area contributed by atoms with E-state index in [2.05, 4.69) is 0 Å². The van der Waals surface area contributed by atoms with Crippen LogP contribution in [0.4, 0.5) is 0 Å². The fraction of sp³-hybridized carbons (Fsp3) is 0.889. The fourth-order valence-corrected chi connectivity index (χ4v) is 1.32. The van der Waals surface area contributed by atoms with E-state index in [-0.39, 0.29) is 24.2 Å². The third-order valence-electron chi connectivity index (χ3n) is 2.17. The van der Waals surface area contributed by atoms with E-state index in [1.165, 1.54) is 0 Å². The lowest BCUT2D eigenvalue weighted by Crippen LogP contribution is -2.33. The van der Waals surface area contributed by atoms with Gasteiger partial charge in [-0.05, 0) is 25.7 Å². The molecule has 1 aliphatic carbocycles. The van der Waals surface area contributed by atoms with Gasteiger partial charge in [-0.25, -0.2) is 0 Å². The molecular weight excluding hydrogens is 140 g/mol. The molecule has 0 aliphatic heterocycles. The van der Waals surface area contributed by atoms with Gasteiger partial charge in [-0.2, -0.15) is 0 Å². The predicted molar refractivity (Wildman–Crippen MR) is 45.3 cm³/mol. The maximum absolute atomic E-state index is 10.7. The average Bonchev–Trinajstić information content (AvgIpc) is 1.89. The summed E-state index contributed by atoms with van der Waals surface area (Å²) in [5.41, 5.74) is 0. The summed E-state index contributed by atoms with van der Waals surface area (Å²) in [4.78, 5) is 10.7. The monoisotopic (exact) mass is 158 g/mol. The molecule has 1 fully saturated rings. The van der Waals surface area contributed by atoms with Gasteiger partial charge in [-0.3, -0.25) is 4.79 Å². The molecule has 2 atom stereocenters. The molecule has 1 saturated carbocycles. The Kier molecular flexibility index (Phi) is 5.12. The molecule has 1 rings (SSSR count). The number of hydrogen-bond acceptors (Lipinski definition) is 2. The van der Waals surface area contributed by atoms with Crippen LogP contribution in [0, 0.1) is 11.8 Å². The second-order valence-electron chi connectivity index (χ2n) is 2.74. The Bertz CT molecular complexity index is 119. The van der Waals surface area contributed by atoms with Crippen LogP contribution in [-0.4, -0.2) is 17.5 Å². The lowest BCUT2D eigenvalue weighted by Gasteiger charge is -2.32. The summed E-state index contributed by atoms with van der Waals surface area (Å²) in [6.45, 7) is 5.79. The first-order valence-corrected chi connectivity index (χ1v) is 4.37. The molecule has 0 amide bonds. The van der Waals surface area contributed by atoms with E-state index < -0.39 is 0 Å². The van der Waals surface area contributed by atoms with Crippen LogP contribution in [0.2, 0.25) is 0 Å². The second-order valence-corrected chi connectivity index (χ2v) is 2.74. The quantitative estimate of drug-likeness (QED) is 0.663. The van der Waals surface area contributed by atoms with Crippen LogP contribution in [0.15, 0.2) is 0 Å². The summed E-state index contributed by atoms with van der Waals surface area (Å²) < 4.78 is 0. The van der Waals surface area contributed by atoms with Gasteiger partial charge < -0.3 is 5.11 Å². The highest BCUT2D eigenvalue weighted by atomic mass is 16.3. The zero-order valence-electron chi connectivity index (χ0n) is 7.63. The maximum atomic E-state index is 10.7. The van der Waals surface area contributed by atoms with Crippen LogP contribution in [0.5, 0.6) is 0 Å². The third-order valence-corrected chi connectivity index (χ3v) is 2.17. The van der Waals surface area contributed by atoms with Gasteiger partial charge in [-0.1, -0.05) is 13.8 Å². The molecular formula is C9H18O2. The molecule has 0 radical (unpaired) electrons. The van der Waals surface area contributed by atoms with Crippen molar-refractivity contribution in [1.82, 2.24) is 0 Å². The van der Waals surface area contributed by atoms with E-state index >= 15 is 0 Å². The Morgan fingerprint density at radius 2 is 2.00 bits per heavy atom. The average molecular weight is 158 g/mol. The molecule has 0 spiro atoms. The van der Waals surface area contributed by atoms with Crippen LogP contribution in [-0.2, 0) is 4.79 Å². The van der Waals surface area contributed by atoms with Crippen LogP contribution in [0.3, 0.4) is 0 Å². The summed E-state index contributed by atoms with van der Waals surface area (Å²) in [6, 6.07) is 0. The van der Waals surface area contributed by atoms with Gasteiger partial charge >= 0.3 is 0 Å². The normalized spacial score (nSPS) is 28.0. The first kappa shape index (κ1) is 10.6. The maximum Gasteiger partial charge on any atom is 0.133 e. The van der Waals surface area contributed by atoms with Crippen molar-refractivity contribution in [1.29, 1.82) is 0 Å². The van der Waals surface area contributed by atoms with Gasteiger partial charge in [0.15, 0.2) is 0 Å². The van der Waals surface area contributed by atoms with Crippen molar-refractivity contribution in [3.63, 3.8) is 0 Å². The second kappa shape index (κ2) is 5.30. The molecule has 0 bridgehead atoms. The smallest absolute Gasteiger partial charge is 0.133 e. The number of hydrogen-bond donors (Lipinski definition) is 1. The van der Waals surface area contributed by atoms with Gasteiger partial charge in [0.25, 0.3) is 0 Å². The van der Waals surface area contributed by atoms with E-state index in [1.54, 1.807) is 6.92 Å². The van der Waals surface area contributed by atoms with Crippen LogP contribution >= 0.6 is 0 Å². The van der Waals surface area contributed by atoms with E-state index in [4.69, 9.17) is 5.11 Å². The lowest BCUT2D eigenvalue weighted by atomic mass is 9.72. The van der Waals surface area contributed by atoms with E-state index in [1.807, 2.05) is 13.8 Å². The number of rotatable bonds is 2. The molecule has 11 heavy (non-hydrogen) atoms. The third kappa shape index (κ3) is 2.62. The molecule has 1 aliphatic rings. The summed E-state index contributed by atoms with van der Waals surface area (Å²) in [5.74, 6) is 0.692. The minimum absolute atomic E-state index is 0.176. The molecule has 0 saturated heterocycles. The highest BCUT2D eigenvalue weighted by Crippen LogP contribution is 2.33. The largest absolute Gasteiger partial charge is 0.396 e. The highest BCUT2D eigenvalue weighted by Gasteiger charge is 2.33. The van der Waals surface area contributed by atoms with E-state index in [0.717, 1.165) is 12.8 Å². The number of carbonyl (C=O) groups excluding carboxylic acids is 1. The van der Waals surface area contributed by atoms with Crippen molar-refractivity contribution in [3.8, 4) is 0 Å². The standard InChI is InChI=1S/C7H12O2.C2H6/c1-5(9)7-3-2-6(7)4-8;1-2/h6-8H,2-4H2,1H3;1-2H3. The molecule has 0 aromatic carbocycles. The topological polar surface area (TPSA) is 37.3 Å². The number of aliphatic hydroxyl groups is 1. The summed E-state index contributed by atoms with van der Waals surface area (Å²) in [7, 11) is 0. The first-order valence-electron chi connectivity index (χ1n) is 4.37. The minimum atomic E-state index is 0.176. The van der Waals surface area contributed by atoms with Crippen molar-refractivity contribution in [3.05, 3.63) is 0 Å². The van der Waals surface area contributed by atoms with E-state index in [9.17, 15) is 4.79 Å². The summed E-state index contributed by atoms with van der Waals surface area (Å²) in [6.07, 6.45) is 2.02. The molecule has 0 heterocycles. The Labute approximate surface area is 68.6 Å². The van der Waals surface area contributed by atoms with Crippen molar-refractivity contribution in [2.75, 3.05) is 6.61 Å². The highest BCUT2D eigenvalue weighted by molar-refractivity contribution is 5.79. The van der Waals surface area contributed by atoms with Gasteiger partial charge in [0, 0.05) is 12.5 Å². The molecule has 1 N–H and O–H groups in total. The number of Topliss-reactive ketones (excluding diaryl/α,β-unsaturated/α-hetero) is 1. The summed E-state index contributed by atoms with van der Waals surface area (Å²) in [5, 5.41) is 8.65.